The van der Waals surface area contributed by atoms with Crippen molar-refractivity contribution >= 4 is 21.6 Å². The van der Waals surface area contributed by atoms with Gasteiger partial charge in [0, 0.05) is 19.8 Å². The molecule has 3 rings (SSSR count). The number of hydrogen-bond acceptors (Lipinski definition) is 4. The van der Waals surface area contributed by atoms with Gasteiger partial charge in [0.1, 0.15) is 10.6 Å². The number of ether oxygens (including phenoxy) is 1. The monoisotopic (exact) mass is 388 g/mol. The number of carbonyl (C=O) groups excluding carboxylic acids is 1. The van der Waals surface area contributed by atoms with Gasteiger partial charge in [-0.1, -0.05) is 30.3 Å². The van der Waals surface area contributed by atoms with Gasteiger partial charge in [-0.05, 0) is 43.5 Å². The van der Waals surface area contributed by atoms with E-state index in [1.54, 1.807) is 19.1 Å². The van der Waals surface area contributed by atoms with Crippen molar-refractivity contribution in [1.29, 1.82) is 0 Å². The van der Waals surface area contributed by atoms with Crippen molar-refractivity contribution in [2.75, 3.05) is 26.0 Å². The number of carbonyl (C=O) groups is 1. The van der Waals surface area contributed by atoms with Crippen molar-refractivity contribution < 1.29 is 17.9 Å². The van der Waals surface area contributed by atoms with Crippen LogP contribution in [0.4, 0.5) is 5.69 Å². The third-order valence-electron chi connectivity index (χ3n) is 4.77. The molecule has 0 atom stereocenters. The molecule has 1 aliphatic carbocycles. The number of nitrogens with zero attached hydrogens (tertiary/aromatic N) is 1. The molecule has 1 saturated carbocycles. The Hall–Kier alpha value is -2.38. The number of rotatable bonds is 7. The molecule has 7 heteroatoms. The van der Waals surface area contributed by atoms with Crippen molar-refractivity contribution in [2.45, 2.75) is 30.1 Å². The summed E-state index contributed by atoms with van der Waals surface area (Å²) in [4.78, 5) is 12.9. The topological polar surface area (TPSA) is 75.7 Å². The lowest BCUT2D eigenvalue weighted by molar-refractivity contribution is -0.118. The summed E-state index contributed by atoms with van der Waals surface area (Å²) in [6, 6.07) is 14.4. The molecule has 0 saturated heterocycles. The molecule has 0 bridgehead atoms. The first kappa shape index (κ1) is 19.4. The molecule has 0 heterocycles. The van der Waals surface area contributed by atoms with Crippen LogP contribution in [-0.2, 0) is 20.2 Å². The number of nitrogens with one attached hydrogen (secondary N) is 1. The van der Waals surface area contributed by atoms with Crippen molar-refractivity contribution in [3.05, 3.63) is 54.1 Å². The maximum Gasteiger partial charge on any atom is 0.246 e. The standard InChI is InChI=1S/C20H24N2O4S/c1-4-26-17-11-10-16(14-18(17)27(24,25)22(2)3)21-19(23)20(12-13-20)15-8-6-5-7-9-15/h5-11,14H,4,12-13H2,1-3H3,(H,21,23). The van der Waals surface area contributed by atoms with Crippen LogP contribution in [0.15, 0.2) is 53.4 Å². The molecule has 144 valence electrons. The second-order valence-electron chi connectivity index (χ2n) is 6.78. The fourth-order valence-electron chi connectivity index (χ4n) is 3.04. The van der Waals surface area contributed by atoms with Crippen molar-refractivity contribution in [3.63, 3.8) is 0 Å². The molecule has 2 aromatic carbocycles. The summed E-state index contributed by atoms with van der Waals surface area (Å²) >= 11 is 0. The summed E-state index contributed by atoms with van der Waals surface area (Å²) < 4.78 is 31.9. The normalized spacial score (nSPS) is 15.4. The van der Waals surface area contributed by atoms with Gasteiger partial charge in [0.15, 0.2) is 0 Å². The van der Waals surface area contributed by atoms with Crippen molar-refractivity contribution in [1.82, 2.24) is 4.31 Å². The second kappa shape index (κ2) is 7.32. The van der Waals surface area contributed by atoms with Crippen LogP contribution < -0.4 is 10.1 Å². The zero-order valence-corrected chi connectivity index (χ0v) is 16.5. The average Bonchev–Trinajstić information content (AvgIpc) is 3.46. The Morgan fingerprint density at radius 3 is 2.37 bits per heavy atom. The van der Waals surface area contributed by atoms with Crippen molar-refractivity contribution in [3.8, 4) is 5.75 Å². The number of hydrogen-bond donors (Lipinski definition) is 1. The lowest BCUT2D eigenvalue weighted by Gasteiger charge is -2.19. The van der Waals surface area contributed by atoms with Gasteiger partial charge in [-0.3, -0.25) is 4.79 Å². The first-order valence-electron chi connectivity index (χ1n) is 8.87. The Bertz CT molecular complexity index is 936. The fraction of sp³-hybridized carbons (Fsp3) is 0.350. The highest BCUT2D eigenvalue weighted by molar-refractivity contribution is 7.89. The van der Waals surface area contributed by atoms with E-state index in [1.165, 1.54) is 20.2 Å². The van der Waals surface area contributed by atoms with Gasteiger partial charge < -0.3 is 10.1 Å². The van der Waals surface area contributed by atoms with Gasteiger partial charge in [0.25, 0.3) is 0 Å². The maximum absolute atomic E-state index is 12.9. The van der Waals surface area contributed by atoms with Crippen LogP contribution in [0.5, 0.6) is 5.75 Å². The minimum Gasteiger partial charge on any atom is -0.492 e. The van der Waals surface area contributed by atoms with E-state index in [4.69, 9.17) is 4.74 Å². The zero-order chi connectivity index (χ0) is 19.7. The molecule has 1 amide bonds. The van der Waals surface area contributed by atoms with Crippen LogP contribution in [0.25, 0.3) is 0 Å². The Morgan fingerprint density at radius 1 is 1.15 bits per heavy atom. The fourth-order valence-corrected chi connectivity index (χ4v) is 4.09. The maximum atomic E-state index is 12.9. The van der Waals surface area contributed by atoms with E-state index >= 15 is 0 Å². The van der Waals surface area contributed by atoms with Crippen molar-refractivity contribution in [2.24, 2.45) is 0 Å². The zero-order valence-electron chi connectivity index (χ0n) is 15.7. The molecular formula is C20H24N2O4S. The summed E-state index contributed by atoms with van der Waals surface area (Å²) in [6.45, 7) is 2.14. The molecule has 1 aliphatic rings. The molecule has 6 nitrogen and oxygen atoms in total. The van der Waals surface area contributed by atoms with Crippen LogP contribution in [0.3, 0.4) is 0 Å². The average molecular weight is 388 g/mol. The number of benzene rings is 2. The first-order chi connectivity index (χ1) is 12.8. The summed E-state index contributed by atoms with van der Waals surface area (Å²) in [6.07, 6.45) is 1.56. The molecule has 1 fully saturated rings. The molecule has 27 heavy (non-hydrogen) atoms. The van der Waals surface area contributed by atoms with Gasteiger partial charge in [-0.15, -0.1) is 0 Å². The first-order valence-corrected chi connectivity index (χ1v) is 10.3. The molecular weight excluding hydrogens is 364 g/mol. The van der Waals surface area contributed by atoms with E-state index in [0.717, 1.165) is 22.7 Å². The van der Waals surface area contributed by atoms with E-state index in [-0.39, 0.29) is 16.6 Å². The third-order valence-corrected chi connectivity index (χ3v) is 6.61. The highest BCUT2D eigenvalue weighted by Gasteiger charge is 2.51. The summed E-state index contributed by atoms with van der Waals surface area (Å²) in [5.74, 6) is 0.152. The van der Waals surface area contributed by atoms with Crippen LogP contribution in [0.1, 0.15) is 25.3 Å². The third kappa shape index (κ3) is 3.70. The van der Waals surface area contributed by atoms with E-state index in [0.29, 0.717) is 12.3 Å². The Labute approximate surface area is 160 Å². The minimum absolute atomic E-state index is 0.0386. The van der Waals surface area contributed by atoms with Gasteiger partial charge >= 0.3 is 0 Å². The van der Waals surface area contributed by atoms with Gasteiger partial charge in [0.05, 0.1) is 12.0 Å². The smallest absolute Gasteiger partial charge is 0.246 e. The van der Waals surface area contributed by atoms with Gasteiger partial charge in [-0.25, -0.2) is 12.7 Å². The van der Waals surface area contributed by atoms with E-state index in [9.17, 15) is 13.2 Å². The number of anilines is 1. The van der Waals surface area contributed by atoms with E-state index in [2.05, 4.69) is 5.32 Å². The van der Waals surface area contributed by atoms with Gasteiger partial charge in [-0.2, -0.15) is 0 Å². The largest absolute Gasteiger partial charge is 0.492 e. The molecule has 1 N–H and O–H groups in total. The SMILES string of the molecule is CCOc1ccc(NC(=O)C2(c3ccccc3)CC2)cc1S(=O)(=O)N(C)C. The van der Waals surface area contributed by atoms with Crippen LogP contribution in [-0.4, -0.2) is 39.3 Å². The molecule has 0 aliphatic heterocycles. The molecule has 0 aromatic heterocycles. The Balaban J connectivity index is 1.91. The molecule has 2 aromatic rings. The van der Waals surface area contributed by atoms with Crippen LogP contribution in [0.2, 0.25) is 0 Å². The number of sulfonamides is 1. The highest BCUT2D eigenvalue weighted by atomic mass is 32.2. The predicted octanol–water partition coefficient (Wildman–Crippen LogP) is 3.01. The summed E-state index contributed by atoms with van der Waals surface area (Å²) in [7, 11) is -0.777. The Morgan fingerprint density at radius 2 is 1.81 bits per heavy atom. The minimum atomic E-state index is -3.70. The second-order valence-corrected chi connectivity index (χ2v) is 8.90. The van der Waals surface area contributed by atoms with Crippen LogP contribution >= 0.6 is 0 Å². The molecule has 0 unspecified atom stereocenters. The predicted molar refractivity (Wildman–Crippen MR) is 104 cm³/mol. The van der Waals surface area contributed by atoms with Gasteiger partial charge in [0.2, 0.25) is 15.9 Å². The summed E-state index contributed by atoms with van der Waals surface area (Å²) in [5.41, 5.74) is 0.890. The molecule has 0 radical (unpaired) electrons. The lowest BCUT2D eigenvalue weighted by atomic mass is 9.95. The van der Waals surface area contributed by atoms with E-state index in [1.807, 2.05) is 30.3 Å². The highest BCUT2D eigenvalue weighted by Crippen LogP contribution is 2.49. The quantitative estimate of drug-likeness (QED) is 0.791. The Kier molecular flexibility index (Phi) is 5.26. The van der Waals surface area contributed by atoms with Crippen LogP contribution in [0, 0.1) is 0 Å². The molecule has 0 spiro atoms. The lowest BCUT2D eigenvalue weighted by Crippen LogP contribution is -2.28. The van der Waals surface area contributed by atoms with E-state index < -0.39 is 15.4 Å². The number of amides is 1. The summed E-state index contributed by atoms with van der Waals surface area (Å²) in [5, 5.41) is 2.89.